The first kappa shape index (κ1) is 13.4. The third-order valence-electron chi connectivity index (χ3n) is 3.84. The van der Waals surface area contributed by atoms with E-state index in [4.69, 9.17) is 10.00 Å². The van der Waals surface area contributed by atoms with Gasteiger partial charge in [-0.1, -0.05) is 6.07 Å². The van der Waals surface area contributed by atoms with Crippen molar-refractivity contribution < 1.29 is 9.13 Å². The molecule has 21 heavy (non-hydrogen) atoms. The maximum atomic E-state index is 13.2. The molecule has 0 aliphatic heterocycles. The molecule has 2 aromatic carbocycles. The third kappa shape index (κ3) is 2.55. The minimum Gasteiger partial charge on any atom is -0.495 e. The fourth-order valence-corrected chi connectivity index (χ4v) is 2.80. The Morgan fingerprint density at radius 3 is 2.90 bits per heavy atom. The lowest BCUT2D eigenvalue weighted by molar-refractivity contribution is 0.416. The second-order valence-corrected chi connectivity index (χ2v) is 5.11. The number of benzene rings is 2. The number of methoxy groups -OCH3 is 1. The predicted molar refractivity (Wildman–Crippen MR) is 78.8 cm³/mol. The predicted octanol–water partition coefficient (Wildman–Crippen LogP) is 3.81. The van der Waals surface area contributed by atoms with Crippen LogP contribution in [0.5, 0.6) is 5.75 Å². The largest absolute Gasteiger partial charge is 0.495 e. The maximum Gasteiger partial charge on any atom is 0.143 e. The second-order valence-electron chi connectivity index (χ2n) is 5.11. The van der Waals surface area contributed by atoms with Crippen LogP contribution in [0.15, 0.2) is 36.4 Å². The topological polar surface area (TPSA) is 45.0 Å². The van der Waals surface area contributed by atoms with E-state index in [0.29, 0.717) is 11.3 Å². The zero-order valence-corrected chi connectivity index (χ0v) is 11.7. The smallest absolute Gasteiger partial charge is 0.143 e. The molecule has 0 radical (unpaired) electrons. The second kappa shape index (κ2) is 5.45. The van der Waals surface area contributed by atoms with Crippen LogP contribution in [0.3, 0.4) is 0 Å². The molecular weight excluding hydrogens is 267 g/mol. The van der Waals surface area contributed by atoms with Crippen molar-refractivity contribution >= 4 is 5.69 Å². The Hall–Kier alpha value is -2.54. The summed E-state index contributed by atoms with van der Waals surface area (Å²) in [6.45, 7) is 0. The number of anilines is 1. The third-order valence-corrected chi connectivity index (χ3v) is 3.84. The van der Waals surface area contributed by atoms with E-state index < -0.39 is 0 Å². The Labute approximate surface area is 123 Å². The number of hydrogen-bond donors (Lipinski definition) is 1. The van der Waals surface area contributed by atoms with Crippen LogP contribution < -0.4 is 10.1 Å². The van der Waals surface area contributed by atoms with Gasteiger partial charge >= 0.3 is 0 Å². The molecule has 0 aromatic heterocycles. The molecule has 0 bridgehead atoms. The number of ether oxygens (including phenoxy) is 1. The highest BCUT2D eigenvalue weighted by Gasteiger charge is 2.23. The Morgan fingerprint density at radius 2 is 2.14 bits per heavy atom. The normalized spacial score (nSPS) is 16.1. The standard InChI is InChI=1S/C17H15FN2O/c1-21-17-8-11(10-19)2-6-16(17)20-15-7-3-12-9-13(18)4-5-14(12)15/h2,4-6,8-9,15,20H,3,7H2,1H3. The van der Waals surface area contributed by atoms with Gasteiger partial charge in [0.15, 0.2) is 0 Å². The molecule has 0 saturated heterocycles. The molecule has 1 atom stereocenters. The molecule has 0 heterocycles. The van der Waals surface area contributed by atoms with E-state index in [0.717, 1.165) is 29.7 Å². The molecule has 0 saturated carbocycles. The molecule has 0 spiro atoms. The first-order chi connectivity index (χ1) is 10.2. The summed E-state index contributed by atoms with van der Waals surface area (Å²) in [7, 11) is 1.58. The van der Waals surface area contributed by atoms with E-state index in [9.17, 15) is 4.39 Å². The van der Waals surface area contributed by atoms with Crippen molar-refractivity contribution in [2.45, 2.75) is 18.9 Å². The number of nitriles is 1. The summed E-state index contributed by atoms with van der Waals surface area (Å²) < 4.78 is 18.6. The van der Waals surface area contributed by atoms with Crippen molar-refractivity contribution in [2.24, 2.45) is 0 Å². The summed E-state index contributed by atoms with van der Waals surface area (Å²) in [6.07, 6.45) is 1.78. The molecule has 0 fully saturated rings. The van der Waals surface area contributed by atoms with Gasteiger partial charge in [0.25, 0.3) is 0 Å². The number of halogens is 1. The van der Waals surface area contributed by atoms with Crippen molar-refractivity contribution in [3.8, 4) is 11.8 Å². The van der Waals surface area contributed by atoms with E-state index in [2.05, 4.69) is 11.4 Å². The van der Waals surface area contributed by atoms with E-state index in [1.54, 1.807) is 25.3 Å². The van der Waals surface area contributed by atoms with Crippen molar-refractivity contribution in [1.82, 2.24) is 0 Å². The SMILES string of the molecule is COc1cc(C#N)ccc1NC1CCc2cc(F)ccc21. The van der Waals surface area contributed by atoms with Gasteiger partial charge in [0.05, 0.1) is 30.5 Å². The van der Waals surface area contributed by atoms with Crippen molar-refractivity contribution in [2.75, 3.05) is 12.4 Å². The average molecular weight is 282 g/mol. The van der Waals surface area contributed by atoms with Crippen LogP contribution in [0.1, 0.15) is 29.2 Å². The number of hydrogen-bond acceptors (Lipinski definition) is 3. The summed E-state index contributed by atoms with van der Waals surface area (Å²) in [6, 6.07) is 12.5. The van der Waals surface area contributed by atoms with Crippen LogP contribution in [0.25, 0.3) is 0 Å². The Kier molecular flexibility index (Phi) is 3.49. The highest BCUT2D eigenvalue weighted by Crippen LogP contribution is 2.36. The van der Waals surface area contributed by atoms with E-state index in [1.165, 1.54) is 6.07 Å². The van der Waals surface area contributed by atoms with Crippen LogP contribution in [0, 0.1) is 17.1 Å². The monoisotopic (exact) mass is 282 g/mol. The summed E-state index contributed by atoms with van der Waals surface area (Å²) >= 11 is 0. The van der Waals surface area contributed by atoms with Crippen molar-refractivity contribution in [1.29, 1.82) is 5.26 Å². The molecular formula is C17H15FN2O. The van der Waals surface area contributed by atoms with Gasteiger partial charge < -0.3 is 10.1 Å². The van der Waals surface area contributed by atoms with Crippen molar-refractivity contribution in [3.63, 3.8) is 0 Å². The van der Waals surface area contributed by atoms with E-state index >= 15 is 0 Å². The van der Waals surface area contributed by atoms with Gasteiger partial charge in [-0.05, 0) is 48.2 Å². The molecule has 4 heteroatoms. The lowest BCUT2D eigenvalue weighted by Crippen LogP contribution is -2.08. The van der Waals surface area contributed by atoms with Crippen LogP contribution in [0.2, 0.25) is 0 Å². The van der Waals surface area contributed by atoms with Crippen LogP contribution >= 0.6 is 0 Å². The van der Waals surface area contributed by atoms with Crippen LogP contribution in [-0.4, -0.2) is 7.11 Å². The Balaban J connectivity index is 1.88. The number of nitrogens with zero attached hydrogens (tertiary/aromatic N) is 1. The first-order valence-electron chi connectivity index (χ1n) is 6.84. The van der Waals surface area contributed by atoms with E-state index in [-0.39, 0.29) is 11.9 Å². The zero-order valence-electron chi connectivity index (χ0n) is 11.7. The average Bonchev–Trinajstić information content (AvgIpc) is 2.89. The van der Waals surface area contributed by atoms with Crippen molar-refractivity contribution in [3.05, 3.63) is 58.9 Å². The van der Waals surface area contributed by atoms with Crippen LogP contribution in [-0.2, 0) is 6.42 Å². The summed E-state index contributed by atoms with van der Waals surface area (Å²) in [5.74, 6) is 0.454. The number of nitrogens with one attached hydrogen (secondary N) is 1. The molecule has 3 nitrogen and oxygen atoms in total. The number of rotatable bonds is 3. The highest BCUT2D eigenvalue weighted by atomic mass is 19.1. The highest BCUT2D eigenvalue weighted by molar-refractivity contribution is 5.61. The van der Waals surface area contributed by atoms with Gasteiger partial charge in [-0.2, -0.15) is 5.26 Å². The summed E-state index contributed by atoms with van der Waals surface area (Å²) in [5, 5.41) is 12.4. The van der Waals surface area contributed by atoms with Gasteiger partial charge in [-0.25, -0.2) is 4.39 Å². The van der Waals surface area contributed by atoms with E-state index in [1.807, 2.05) is 12.1 Å². The quantitative estimate of drug-likeness (QED) is 0.931. The van der Waals surface area contributed by atoms with Crippen LogP contribution in [0.4, 0.5) is 10.1 Å². The van der Waals surface area contributed by atoms with Gasteiger partial charge in [-0.3, -0.25) is 0 Å². The molecule has 106 valence electrons. The molecule has 3 rings (SSSR count). The Morgan fingerprint density at radius 1 is 1.29 bits per heavy atom. The molecule has 2 aromatic rings. The molecule has 1 aliphatic carbocycles. The molecule has 0 amide bonds. The molecule has 1 unspecified atom stereocenters. The summed E-state index contributed by atoms with van der Waals surface area (Å²) in [5.41, 5.74) is 3.59. The first-order valence-corrected chi connectivity index (χ1v) is 6.84. The fourth-order valence-electron chi connectivity index (χ4n) is 2.80. The number of aryl methyl sites for hydroxylation is 1. The minimum absolute atomic E-state index is 0.141. The molecule has 1 aliphatic rings. The van der Waals surface area contributed by atoms with Gasteiger partial charge in [0.2, 0.25) is 0 Å². The zero-order chi connectivity index (χ0) is 14.8. The minimum atomic E-state index is -0.189. The van der Waals surface area contributed by atoms with Gasteiger partial charge in [0.1, 0.15) is 11.6 Å². The Bertz CT molecular complexity index is 721. The number of fused-ring (bicyclic) bond motifs is 1. The summed E-state index contributed by atoms with van der Waals surface area (Å²) in [4.78, 5) is 0. The lowest BCUT2D eigenvalue weighted by atomic mass is 10.1. The molecule has 1 N–H and O–H groups in total. The lowest BCUT2D eigenvalue weighted by Gasteiger charge is -2.18. The fraction of sp³-hybridized carbons (Fsp3) is 0.235. The van der Waals surface area contributed by atoms with Gasteiger partial charge in [-0.15, -0.1) is 0 Å². The van der Waals surface area contributed by atoms with Gasteiger partial charge in [0, 0.05) is 6.07 Å². The maximum absolute atomic E-state index is 13.2.